The monoisotopic (exact) mass is 253 g/mol. The lowest BCUT2D eigenvalue weighted by atomic mass is 10.1. The van der Waals surface area contributed by atoms with Gasteiger partial charge in [0.2, 0.25) is 5.28 Å². The molecule has 0 aliphatic rings. The van der Waals surface area contributed by atoms with E-state index in [1.165, 1.54) is 0 Å². The van der Waals surface area contributed by atoms with Gasteiger partial charge in [0.15, 0.2) is 5.65 Å². The summed E-state index contributed by atoms with van der Waals surface area (Å²) in [5.41, 5.74) is 0.747. The average molecular weight is 254 g/mol. The fourth-order valence-electron chi connectivity index (χ4n) is 1.61. The maximum absolute atomic E-state index is 5.89. The predicted octanol–water partition coefficient (Wildman–Crippen LogP) is 2.47. The minimum absolute atomic E-state index is 0.244. The first kappa shape index (κ1) is 12.1. The molecule has 0 aliphatic carbocycles. The maximum atomic E-state index is 5.89. The van der Waals surface area contributed by atoms with Crippen LogP contribution >= 0.6 is 11.6 Å². The number of halogens is 1. The highest BCUT2D eigenvalue weighted by atomic mass is 35.5. The molecule has 0 bridgehead atoms. The van der Waals surface area contributed by atoms with Gasteiger partial charge in [-0.05, 0) is 23.9 Å². The SMILES string of the molecule is CC(C)CCNc1nc(Cl)nc2c1cnn2C. The molecule has 0 radical (unpaired) electrons. The van der Waals surface area contributed by atoms with Crippen molar-refractivity contribution in [3.05, 3.63) is 11.5 Å². The van der Waals surface area contributed by atoms with Crippen LogP contribution in [0.25, 0.3) is 11.0 Å². The molecular weight excluding hydrogens is 238 g/mol. The van der Waals surface area contributed by atoms with E-state index in [-0.39, 0.29) is 5.28 Å². The van der Waals surface area contributed by atoms with Crippen molar-refractivity contribution in [1.82, 2.24) is 19.7 Å². The Balaban J connectivity index is 2.26. The molecule has 5 nitrogen and oxygen atoms in total. The van der Waals surface area contributed by atoms with Crippen molar-refractivity contribution in [3.8, 4) is 0 Å². The zero-order valence-corrected chi connectivity index (χ0v) is 11.0. The summed E-state index contributed by atoms with van der Waals surface area (Å²) in [5, 5.41) is 8.59. The number of nitrogens with zero attached hydrogens (tertiary/aromatic N) is 4. The van der Waals surface area contributed by atoms with Crippen molar-refractivity contribution in [2.24, 2.45) is 13.0 Å². The third-order valence-electron chi connectivity index (χ3n) is 2.58. The van der Waals surface area contributed by atoms with Crippen LogP contribution in [0.15, 0.2) is 6.20 Å². The smallest absolute Gasteiger partial charge is 0.226 e. The maximum Gasteiger partial charge on any atom is 0.226 e. The van der Waals surface area contributed by atoms with E-state index in [0.29, 0.717) is 5.92 Å². The first-order valence-corrected chi connectivity index (χ1v) is 6.05. The quantitative estimate of drug-likeness (QED) is 0.851. The molecule has 92 valence electrons. The standard InChI is InChI=1S/C11H16ClN5/c1-7(2)4-5-13-9-8-6-14-17(3)10(8)16-11(12)15-9/h6-7H,4-5H2,1-3H3,(H,13,15,16). The average Bonchev–Trinajstić information content (AvgIpc) is 2.60. The molecule has 0 saturated heterocycles. The Hall–Kier alpha value is -1.36. The molecule has 6 heteroatoms. The summed E-state index contributed by atoms with van der Waals surface area (Å²) in [6.07, 6.45) is 2.84. The second-order valence-corrected chi connectivity index (χ2v) is 4.79. The van der Waals surface area contributed by atoms with Gasteiger partial charge in [-0.25, -0.2) is 0 Å². The van der Waals surface area contributed by atoms with Crippen LogP contribution in [-0.4, -0.2) is 26.3 Å². The van der Waals surface area contributed by atoms with Crippen LogP contribution in [0.1, 0.15) is 20.3 Å². The normalized spacial score (nSPS) is 11.4. The molecule has 1 N–H and O–H groups in total. The van der Waals surface area contributed by atoms with Crippen molar-refractivity contribution < 1.29 is 0 Å². The molecule has 0 aromatic carbocycles. The molecule has 17 heavy (non-hydrogen) atoms. The Kier molecular flexibility index (Phi) is 3.47. The van der Waals surface area contributed by atoms with Crippen LogP contribution in [0.4, 0.5) is 5.82 Å². The Morgan fingerprint density at radius 3 is 2.88 bits per heavy atom. The largest absolute Gasteiger partial charge is 0.369 e. The number of hydrogen-bond donors (Lipinski definition) is 1. The van der Waals surface area contributed by atoms with Crippen LogP contribution in [0, 0.1) is 5.92 Å². The van der Waals surface area contributed by atoms with Crippen molar-refractivity contribution in [2.45, 2.75) is 20.3 Å². The van der Waals surface area contributed by atoms with Gasteiger partial charge in [-0.1, -0.05) is 13.8 Å². The Bertz CT molecular complexity index is 520. The van der Waals surface area contributed by atoms with Crippen molar-refractivity contribution in [3.63, 3.8) is 0 Å². The van der Waals surface area contributed by atoms with Gasteiger partial charge >= 0.3 is 0 Å². The fourth-order valence-corrected chi connectivity index (χ4v) is 1.77. The highest BCUT2D eigenvalue weighted by molar-refractivity contribution is 6.28. The molecule has 0 aliphatic heterocycles. The van der Waals surface area contributed by atoms with Gasteiger partial charge in [-0.2, -0.15) is 15.1 Å². The molecule has 2 heterocycles. The summed E-state index contributed by atoms with van der Waals surface area (Å²) >= 11 is 5.89. The number of aromatic nitrogens is 4. The van der Waals surface area contributed by atoms with E-state index in [2.05, 4.69) is 34.2 Å². The van der Waals surface area contributed by atoms with E-state index < -0.39 is 0 Å². The molecule has 0 atom stereocenters. The van der Waals surface area contributed by atoms with E-state index >= 15 is 0 Å². The highest BCUT2D eigenvalue weighted by Crippen LogP contribution is 2.21. The molecule has 0 spiro atoms. The highest BCUT2D eigenvalue weighted by Gasteiger charge is 2.10. The van der Waals surface area contributed by atoms with Gasteiger partial charge < -0.3 is 5.32 Å². The summed E-state index contributed by atoms with van der Waals surface area (Å²) in [4.78, 5) is 8.36. The first-order chi connectivity index (χ1) is 8.08. The van der Waals surface area contributed by atoms with Crippen LogP contribution in [-0.2, 0) is 7.05 Å². The number of rotatable bonds is 4. The predicted molar refractivity (Wildman–Crippen MR) is 69.3 cm³/mol. The summed E-state index contributed by atoms with van der Waals surface area (Å²) in [5.74, 6) is 1.41. The van der Waals surface area contributed by atoms with E-state index in [0.717, 1.165) is 29.8 Å². The lowest BCUT2D eigenvalue weighted by Crippen LogP contribution is -2.07. The lowest BCUT2D eigenvalue weighted by molar-refractivity contribution is 0.607. The summed E-state index contributed by atoms with van der Waals surface area (Å²) in [6.45, 7) is 5.25. The Morgan fingerprint density at radius 1 is 1.41 bits per heavy atom. The summed E-state index contributed by atoms with van der Waals surface area (Å²) in [7, 11) is 1.84. The van der Waals surface area contributed by atoms with E-state index in [4.69, 9.17) is 11.6 Å². The minimum Gasteiger partial charge on any atom is -0.369 e. The minimum atomic E-state index is 0.244. The zero-order valence-electron chi connectivity index (χ0n) is 10.2. The number of anilines is 1. The summed E-state index contributed by atoms with van der Waals surface area (Å²) in [6, 6.07) is 0. The van der Waals surface area contributed by atoms with E-state index in [9.17, 15) is 0 Å². The van der Waals surface area contributed by atoms with Crippen LogP contribution in [0.5, 0.6) is 0 Å². The number of fused-ring (bicyclic) bond motifs is 1. The molecule has 0 amide bonds. The van der Waals surface area contributed by atoms with Gasteiger partial charge in [0.25, 0.3) is 0 Å². The number of hydrogen-bond acceptors (Lipinski definition) is 4. The zero-order chi connectivity index (χ0) is 12.4. The second-order valence-electron chi connectivity index (χ2n) is 4.46. The molecular formula is C11H16ClN5. The van der Waals surface area contributed by atoms with E-state index in [1.807, 2.05) is 7.05 Å². The van der Waals surface area contributed by atoms with Crippen LogP contribution < -0.4 is 5.32 Å². The third-order valence-corrected chi connectivity index (χ3v) is 2.75. The number of aryl methyl sites for hydroxylation is 1. The Morgan fingerprint density at radius 2 is 2.18 bits per heavy atom. The van der Waals surface area contributed by atoms with Gasteiger partial charge in [0.05, 0.1) is 11.6 Å². The fraction of sp³-hybridized carbons (Fsp3) is 0.545. The van der Waals surface area contributed by atoms with Crippen LogP contribution in [0.3, 0.4) is 0 Å². The molecule has 0 unspecified atom stereocenters. The Labute approximate surface area is 105 Å². The molecule has 2 aromatic rings. The molecule has 0 fully saturated rings. The van der Waals surface area contributed by atoms with Gasteiger partial charge in [-0.3, -0.25) is 4.68 Å². The summed E-state index contributed by atoms with van der Waals surface area (Å²) < 4.78 is 1.69. The second kappa shape index (κ2) is 4.87. The lowest BCUT2D eigenvalue weighted by Gasteiger charge is -2.08. The van der Waals surface area contributed by atoms with Crippen molar-refractivity contribution >= 4 is 28.5 Å². The van der Waals surface area contributed by atoms with E-state index in [1.54, 1.807) is 10.9 Å². The first-order valence-electron chi connectivity index (χ1n) is 5.67. The van der Waals surface area contributed by atoms with Crippen molar-refractivity contribution in [2.75, 3.05) is 11.9 Å². The van der Waals surface area contributed by atoms with Gasteiger partial charge in [0, 0.05) is 13.6 Å². The molecule has 2 rings (SSSR count). The van der Waals surface area contributed by atoms with Crippen LogP contribution in [0.2, 0.25) is 5.28 Å². The third kappa shape index (κ3) is 2.66. The van der Waals surface area contributed by atoms with Gasteiger partial charge in [-0.15, -0.1) is 0 Å². The topological polar surface area (TPSA) is 55.6 Å². The molecule has 0 saturated carbocycles. The molecule has 2 aromatic heterocycles. The van der Waals surface area contributed by atoms with Crippen molar-refractivity contribution in [1.29, 1.82) is 0 Å². The van der Waals surface area contributed by atoms with Gasteiger partial charge in [0.1, 0.15) is 5.82 Å². The number of nitrogens with one attached hydrogen (secondary N) is 1.